The molecule has 158 valence electrons. The minimum absolute atomic E-state index is 0.454. The molecule has 0 bridgehead atoms. The van der Waals surface area contributed by atoms with Crippen LogP contribution in [-0.2, 0) is 13.1 Å². The zero-order valence-electron chi connectivity index (χ0n) is 17.8. The van der Waals surface area contributed by atoms with Crippen molar-refractivity contribution < 1.29 is 23.7 Å². The molecule has 29 heavy (non-hydrogen) atoms. The van der Waals surface area contributed by atoms with Crippen molar-refractivity contribution >= 4 is 5.96 Å². The fourth-order valence-corrected chi connectivity index (χ4v) is 2.82. The molecule has 0 heterocycles. The van der Waals surface area contributed by atoms with Crippen molar-refractivity contribution in [2.24, 2.45) is 4.99 Å². The van der Waals surface area contributed by atoms with Gasteiger partial charge in [0.05, 0.1) is 47.7 Å². The van der Waals surface area contributed by atoms with Gasteiger partial charge in [-0.05, 0) is 12.1 Å². The molecule has 0 saturated carbocycles. The summed E-state index contributed by atoms with van der Waals surface area (Å²) in [6.45, 7) is 0.986. The van der Waals surface area contributed by atoms with Crippen molar-refractivity contribution in [3.05, 3.63) is 41.5 Å². The minimum atomic E-state index is 0.454. The molecule has 0 aromatic heterocycles. The number of nitrogens with zero attached hydrogens (tertiary/aromatic N) is 1. The number of rotatable bonds is 9. The molecule has 0 aliphatic heterocycles. The number of hydrogen-bond donors (Lipinski definition) is 2. The van der Waals surface area contributed by atoms with Gasteiger partial charge in [-0.25, -0.2) is 0 Å². The van der Waals surface area contributed by atoms with Crippen LogP contribution in [0.5, 0.6) is 28.7 Å². The highest BCUT2D eigenvalue weighted by atomic mass is 16.5. The number of guanidine groups is 1. The summed E-state index contributed by atoms with van der Waals surface area (Å²) in [6, 6.07) is 9.33. The average molecular weight is 403 g/mol. The van der Waals surface area contributed by atoms with Crippen molar-refractivity contribution in [1.82, 2.24) is 10.6 Å². The Morgan fingerprint density at radius 1 is 0.724 bits per heavy atom. The third kappa shape index (κ3) is 5.60. The number of hydrogen-bond acceptors (Lipinski definition) is 6. The second kappa shape index (κ2) is 10.9. The summed E-state index contributed by atoms with van der Waals surface area (Å²) in [7, 11) is 9.80. The quantitative estimate of drug-likeness (QED) is 0.492. The van der Waals surface area contributed by atoms with E-state index in [1.54, 1.807) is 42.6 Å². The van der Waals surface area contributed by atoms with Gasteiger partial charge in [0.1, 0.15) is 28.7 Å². The van der Waals surface area contributed by atoms with Crippen molar-refractivity contribution in [3.8, 4) is 28.7 Å². The van der Waals surface area contributed by atoms with Crippen LogP contribution < -0.4 is 34.3 Å². The van der Waals surface area contributed by atoms with E-state index in [2.05, 4.69) is 15.6 Å². The maximum absolute atomic E-state index is 5.49. The minimum Gasteiger partial charge on any atom is -0.497 e. The van der Waals surface area contributed by atoms with Gasteiger partial charge in [0.2, 0.25) is 0 Å². The zero-order chi connectivity index (χ0) is 21.2. The van der Waals surface area contributed by atoms with Gasteiger partial charge in [0, 0.05) is 37.4 Å². The van der Waals surface area contributed by atoms with Crippen LogP contribution in [0.15, 0.2) is 35.3 Å². The van der Waals surface area contributed by atoms with Gasteiger partial charge in [-0.2, -0.15) is 0 Å². The smallest absolute Gasteiger partial charge is 0.191 e. The summed E-state index contributed by atoms with van der Waals surface area (Å²) >= 11 is 0. The van der Waals surface area contributed by atoms with E-state index in [-0.39, 0.29) is 0 Å². The molecule has 0 atom stereocenters. The van der Waals surface area contributed by atoms with E-state index < -0.39 is 0 Å². The van der Waals surface area contributed by atoms with E-state index >= 15 is 0 Å². The van der Waals surface area contributed by atoms with Crippen LogP contribution in [0, 0.1) is 0 Å². The van der Waals surface area contributed by atoms with Gasteiger partial charge < -0.3 is 34.3 Å². The standard InChI is InChI=1S/C21H29N3O5/c1-22-21(23-12-14-7-8-15(25-2)9-18(14)27-4)24-13-17-19(28-5)10-16(26-3)11-20(17)29-6/h7-11H,12-13H2,1-6H3,(H2,22,23,24). The number of aliphatic imine (C=N–C) groups is 1. The monoisotopic (exact) mass is 403 g/mol. The molecule has 0 fully saturated rings. The third-order valence-electron chi connectivity index (χ3n) is 4.41. The summed E-state index contributed by atoms with van der Waals surface area (Å²) in [5.74, 6) is 4.11. The Labute approximate surface area is 171 Å². The second-order valence-electron chi connectivity index (χ2n) is 5.97. The highest BCUT2D eigenvalue weighted by Crippen LogP contribution is 2.33. The predicted molar refractivity (Wildman–Crippen MR) is 113 cm³/mol. The van der Waals surface area contributed by atoms with Crippen LogP contribution in [0.2, 0.25) is 0 Å². The molecule has 0 unspecified atom stereocenters. The van der Waals surface area contributed by atoms with Crippen LogP contribution in [0.3, 0.4) is 0 Å². The molecular weight excluding hydrogens is 374 g/mol. The topological polar surface area (TPSA) is 82.6 Å². The van der Waals surface area contributed by atoms with E-state index in [1.165, 1.54) is 0 Å². The summed E-state index contributed by atoms with van der Waals surface area (Å²) < 4.78 is 26.9. The second-order valence-corrected chi connectivity index (χ2v) is 5.97. The number of ether oxygens (including phenoxy) is 5. The van der Waals surface area contributed by atoms with Gasteiger partial charge >= 0.3 is 0 Å². The summed E-state index contributed by atoms with van der Waals surface area (Å²) in [5, 5.41) is 6.55. The first-order valence-corrected chi connectivity index (χ1v) is 9.04. The molecule has 2 aromatic rings. The molecule has 8 nitrogen and oxygen atoms in total. The zero-order valence-corrected chi connectivity index (χ0v) is 17.8. The lowest BCUT2D eigenvalue weighted by molar-refractivity contribution is 0.368. The fraction of sp³-hybridized carbons (Fsp3) is 0.381. The van der Waals surface area contributed by atoms with Crippen LogP contribution >= 0.6 is 0 Å². The van der Waals surface area contributed by atoms with Gasteiger partial charge in [-0.1, -0.05) is 0 Å². The first-order chi connectivity index (χ1) is 14.1. The Hall–Kier alpha value is -3.29. The van der Waals surface area contributed by atoms with E-state index in [0.29, 0.717) is 36.3 Å². The molecule has 8 heteroatoms. The summed E-state index contributed by atoms with van der Waals surface area (Å²) in [6.07, 6.45) is 0. The molecule has 0 radical (unpaired) electrons. The Morgan fingerprint density at radius 3 is 1.79 bits per heavy atom. The van der Waals surface area contributed by atoms with Crippen LogP contribution in [-0.4, -0.2) is 48.6 Å². The third-order valence-corrected chi connectivity index (χ3v) is 4.41. The van der Waals surface area contributed by atoms with E-state index in [4.69, 9.17) is 23.7 Å². The normalized spacial score (nSPS) is 10.9. The Balaban J connectivity index is 2.09. The molecular formula is C21H29N3O5. The number of methoxy groups -OCH3 is 5. The maximum Gasteiger partial charge on any atom is 0.191 e. The summed E-state index contributed by atoms with van der Waals surface area (Å²) in [4.78, 5) is 4.27. The summed E-state index contributed by atoms with van der Waals surface area (Å²) in [5.41, 5.74) is 1.84. The Kier molecular flexibility index (Phi) is 8.27. The van der Waals surface area contributed by atoms with Gasteiger partial charge in [0.15, 0.2) is 5.96 Å². The lowest BCUT2D eigenvalue weighted by atomic mass is 10.1. The lowest BCUT2D eigenvalue weighted by Gasteiger charge is -2.18. The highest BCUT2D eigenvalue weighted by molar-refractivity contribution is 5.80. The molecule has 0 amide bonds. The largest absolute Gasteiger partial charge is 0.497 e. The van der Waals surface area contributed by atoms with Crippen LogP contribution in [0.1, 0.15) is 11.1 Å². The number of benzene rings is 2. The predicted octanol–water partition coefficient (Wildman–Crippen LogP) is 2.59. The maximum atomic E-state index is 5.49. The molecule has 0 saturated heterocycles. The van der Waals surface area contributed by atoms with Gasteiger partial charge in [-0.15, -0.1) is 0 Å². The first-order valence-electron chi connectivity index (χ1n) is 9.04. The molecule has 0 aliphatic rings. The van der Waals surface area contributed by atoms with Gasteiger partial charge in [-0.3, -0.25) is 4.99 Å². The molecule has 2 rings (SSSR count). The van der Waals surface area contributed by atoms with E-state index in [0.717, 1.165) is 22.6 Å². The Bertz CT molecular complexity index is 814. The highest BCUT2D eigenvalue weighted by Gasteiger charge is 2.14. The molecule has 0 spiro atoms. The van der Waals surface area contributed by atoms with Crippen molar-refractivity contribution in [2.45, 2.75) is 13.1 Å². The average Bonchev–Trinajstić information content (AvgIpc) is 2.78. The van der Waals surface area contributed by atoms with E-state index in [9.17, 15) is 0 Å². The van der Waals surface area contributed by atoms with Crippen molar-refractivity contribution in [1.29, 1.82) is 0 Å². The van der Waals surface area contributed by atoms with Crippen LogP contribution in [0.25, 0.3) is 0 Å². The van der Waals surface area contributed by atoms with E-state index in [1.807, 2.05) is 30.3 Å². The Morgan fingerprint density at radius 2 is 1.28 bits per heavy atom. The first kappa shape index (κ1) is 22.0. The number of nitrogens with one attached hydrogen (secondary N) is 2. The molecule has 0 aliphatic carbocycles. The van der Waals surface area contributed by atoms with Crippen molar-refractivity contribution in [2.75, 3.05) is 42.6 Å². The lowest BCUT2D eigenvalue weighted by Crippen LogP contribution is -2.36. The van der Waals surface area contributed by atoms with Gasteiger partial charge in [0.25, 0.3) is 0 Å². The fourth-order valence-electron chi connectivity index (χ4n) is 2.82. The SMILES string of the molecule is CN=C(NCc1ccc(OC)cc1OC)NCc1c(OC)cc(OC)cc1OC. The molecule has 2 N–H and O–H groups in total. The van der Waals surface area contributed by atoms with Crippen molar-refractivity contribution in [3.63, 3.8) is 0 Å². The molecule has 2 aromatic carbocycles. The van der Waals surface area contributed by atoms with Crippen LogP contribution in [0.4, 0.5) is 0 Å².